The minimum absolute atomic E-state index is 0.0870. The van der Waals surface area contributed by atoms with E-state index in [1.165, 1.54) is 6.20 Å². The Labute approximate surface area is 95.0 Å². The zero-order valence-corrected chi connectivity index (χ0v) is 8.91. The lowest BCUT2D eigenvalue weighted by molar-refractivity contribution is -0.275. The number of halogens is 3. The summed E-state index contributed by atoms with van der Waals surface area (Å²) in [7, 11) is 1.16. The van der Waals surface area contributed by atoms with E-state index < -0.39 is 18.7 Å². The Hall–Kier alpha value is -1.54. The van der Waals surface area contributed by atoms with Crippen LogP contribution in [0.25, 0.3) is 0 Å². The highest BCUT2D eigenvalue weighted by Crippen LogP contribution is 2.37. The number of ether oxygens (including phenoxy) is 2. The van der Waals surface area contributed by atoms with Crippen LogP contribution in [0.5, 0.6) is 11.5 Å². The van der Waals surface area contributed by atoms with Gasteiger partial charge in [-0.25, -0.2) is 0 Å². The van der Waals surface area contributed by atoms with Crippen LogP contribution in [0.3, 0.4) is 0 Å². The van der Waals surface area contributed by atoms with Crippen LogP contribution in [0.2, 0.25) is 0 Å². The molecule has 0 saturated carbocycles. The normalized spacial score (nSPS) is 11.4. The van der Waals surface area contributed by atoms with Crippen molar-refractivity contribution >= 4 is 0 Å². The maximum atomic E-state index is 12.2. The summed E-state index contributed by atoms with van der Waals surface area (Å²) in [5.74, 6) is -0.839. The smallest absolute Gasteiger partial charge is 0.492 e. The average Bonchev–Trinajstić information content (AvgIpc) is 2.26. The van der Waals surface area contributed by atoms with Gasteiger partial charge in [-0.3, -0.25) is 4.98 Å². The maximum absolute atomic E-state index is 12.2. The first-order chi connectivity index (χ1) is 7.92. The van der Waals surface area contributed by atoms with Gasteiger partial charge in [-0.15, -0.1) is 13.2 Å². The molecule has 0 amide bonds. The molecule has 0 radical (unpaired) electrons. The Bertz CT molecular complexity index is 396. The zero-order valence-electron chi connectivity index (χ0n) is 8.91. The third kappa shape index (κ3) is 3.21. The van der Waals surface area contributed by atoms with Crippen molar-refractivity contribution in [1.82, 2.24) is 4.98 Å². The van der Waals surface area contributed by atoms with Crippen molar-refractivity contribution in [2.75, 3.05) is 7.11 Å². The molecule has 0 unspecified atom stereocenters. The Morgan fingerprint density at radius 1 is 1.41 bits per heavy atom. The molecule has 0 aliphatic rings. The highest BCUT2D eigenvalue weighted by atomic mass is 19.4. The van der Waals surface area contributed by atoms with E-state index in [0.717, 1.165) is 7.11 Å². The van der Waals surface area contributed by atoms with Gasteiger partial charge in [-0.1, -0.05) is 0 Å². The minimum atomic E-state index is -4.88. The third-order valence-corrected chi connectivity index (χ3v) is 1.92. The van der Waals surface area contributed by atoms with E-state index in [4.69, 9.17) is 15.6 Å². The number of aliphatic hydroxyl groups is 1. The Kier molecular flexibility index (Phi) is 4.13. The first-order valence-corrected chi connectivity index (χ1v) is 4.54. The lowest BCUT2D eigenvalue weighted by Crippen LogP contribution is -2.20. The summed E-state index contributed by atoms with van der Waals surface area (Å²) < 4.78 is 45.2. The number of aromatic nitrogens is 1. The monoisotopic (exact) mass is 252 g/mol. The predicted molar refractivity (Wildman–Crippen MR) is 51.3 cm³/mol. The fourth-order valence-corrected chi connectivity index (χ4v) is 1.25. The topological polar surface area (TPSA) is 77.6 Å². The molecule has 0 atom stereocenters. The van der Waals surface area contributed by atoms with Gasteiger partial charge in [0, 0.05) is 18.3 Å². The van der Waals surface area contributed by atoms with Gasteiger partial charge in [0.1, 0.15) is 5.69 Å². The van der Waals surface area contributed by atoms with Crippen LogP contribution in [-0.2, 0) is 13.2 Å². The van der Waals surface area contributed by atoms with E-state index >= 15 is 0 Å². The van der Waals surface area contributed by atoms with Gasteiger partial charge in [0.15, 0.2) is 11.5 Å². The van der Waals surface area contributed by atoms with E-state index in [1.54, 1.807) is 0 Å². The van der Waals surface area contributed by atoms with Crippen molar-refractivity contribution in [3.05, 3.63) is 17.5 Å². The van der Waals surface area contributed by atoms with Crippen LogP contribution < -0.4 is 15.2 Å². The molecule has 3 N–H and O–H groups in total. The summed E-state index contributed by atoms with van der Waals surface area (Å²) in [5.41, 5.74) is 5.24. The van der Waals surface area contributed by atoms with Gasteiger partial charge in [0.25, 0.3) is 0 Å². The lowest BCUT2D eigenvalue weighted by Gasteiger charge is -2.16. The summed E-state index contributed by atoms with van der Waals surface area (Å²) in [6.07, 6.45) is -3.70. The number of methoxy groups -OCH3 is 1. The minimum Gasteiger partial charge on any atom is -0.492 e. The number of hydrogen-bond donors (Lipinski definition) is 2. The molecule has 96 valence electrons. The summed E-state index contributed by atoms with van der Waals surface area (Å²) >= 11 is 0. The zero-order chi connectivity index (χ0) is 13.1. The predicted octanol–water partition coefficient (Wildman–Crippen LogP) is 0.940. The summed E-state index contributed by atoms with van der Waals surface area (Å²) in [6, 6.07) is 0. The number of nitrogens with two attached hydrogens (primary N) is 1. The van der Waals surface area contributed by atoms with Crippen LogP contribution in [0.4, 0.5) is 13.2 Å². The number of aliphatic hydroxyl groups excluding tert-OH is 1. The van der Waals surface area contributed by atoms with Crippen LogP contribution >= 0.6 is 0 Å². The molecule has 1 heterocycles. The molecular weight excluding hydrogens is 241 g/mol. The largest absolute Gasteiger partial charge is 0.573 e. The van der Waals surface area contributed by atoms with E-state index in [-0.39, 0.29) is 23.6 Å². The Morgan fingerprint density at radius 3 is 2.47 bits per heavy atom. The molecule has 1 aromatic rings. The van der Waals surface area contributed by atoms with Gasteiger partial charge >= 0.3 is 6.36 Å². The van der Waals surface area contributed by atoms with Gasteiger partial charge in [-0.05, 0) is 0 Å². The molecule has 0 spiro atoms. The number of rotatable bonds is 4. The number of pyridine rings is 1. The second kappa shape index (κ2) is 5.19. The number of hydrogen-bond acceptors (Lipinski definition) is 5. The second-order valence-corrected chi connectivity index (χ2v) is 3.00. The first-order valence-electron chi connectivity index (χ1n) is 4.54. The third-order valence-electron chi connectivity index (χ3n) is 1.92. The van der Waals surface area contributed by atoms with Crippen molar-refractivity contribution in [1.29, 1.82) is 0 Å². The molecule has 0 aliphatic carbocycles. The van der Waals surface area contributed by atoms with Gasteiger partial charge in [-0.2, -0.15) is 0 Å². The molecule has 0 aromatic carbocycles. The standard InChI is InChI=1S/C9H11F3N2O3/c1-16-7-5(4-15)3-14-6(2-13)8(7)17-9(10,11)12/h3,15H,2,4,13H2,1H3. The highest BCUT2D eigenvalue weighted by molar-refractivity contribution is 5.48. The molecule has 1 aromatic heterocycles. The van der Waals surface area contributed by atoms with Crippen molar-refractivity contribution in [2.45, 2.75) is 19.5 Å². The molecule has 0 aliphatic heterocycles. The molecule has 5 nitrogen and oxygen atoms in total. The first kappa shape index (κ1) is 13.5. The molecule has 0 bridgehead atoms. The van der Waals surface area contributed by atoms with Crippen LogP contribution in [0, 0.1) is 0 Å². The van der Waals surface area contributed by atoms with Gasteiger partial charge in [0.2, 0.25) is 0 Å². The Balaban J connectivity index is 3.30. The van der Waals surface area contributed by atoms with Crippen molar-refractivity contribution in [3.63, 3.8) is 0 Å². The van der Waals surface area contributed by atoms with Crippen molar-refractivity contribution in [3.8, 4) is 11.5 Å². The number of alkyl halides is 3. The van der Waals surface area contributed by atoms with Crippen LogP contribution in [0.15, 0.2) is 6.20 Å². The summed E-state index contributed by atoms with van der Waals surface area (Å²) in [4.78, 5) is 3.67. The molecule has 0 saturated heterocycles. The highest BCUT2D eigenvalue weighted by Gasteiger charge is 2.34. The van der Waals surface area contributed by atoms with E-state index in [0.29, 0.717) is 0 Å². The molecule has 1 rings (SSSR count). The van der Waals surface area contributed by atoms with Crippen molar-refractivity contribution in [2.24, 2.45) is 5.73 Å². The molecule has 8 heteroatoms. The maximum Gasteiger partial charge on any atom is 0.573 e. The van der Waals surface area contributed by atoms with E-state index in [9.17, 15) is 13.2 Å². The average molecular weight is 252 g/mol. The SMILES string of the molecule is COc1c(CO)cnc(CN)c1OC(F)(F)F. The molecule has 17 heavy (non-hydrogen) atoms. The van der Waals surface area contributed by atoms with Crippen LogP contribution in [0.1, 0.15) is 11.3 Å². The molecule has 0 fully saturated rings. The number of nitrogens with zero attached hydrogens (tertiary/aromatic N) is 1. The van der Waals surface area contributed by atoms with E-state index in [2.05, 4.69) is 9.72 Å². The van der Waals surface area contributed by atoms with Crippen LogP contribution in [-0.4, -0.2) is 23.6 Å². The fourth-order valence-electron chi connectivity index (χ4n) is 1.25. The van der Waals surface area contributed by atoms with Gasteiger partial charge in [0.05, 0.1) is 13.7 Å². The molecular formula is C9H11F3N2O3. The second-order valence-electron chi connectivity index (χ2n) is 3.00. The fraction of sp³-hybridized carbons (Fsp3) is 0.444. The lowest BCUT2D eigenvalue weighted by atomic mass is 10.2. The van der Waals surface area contributed by atoms with E-state index in [1.807, 2.05) is 0 Å². The summed E-state index contributed by atoms with van der Waals surface area (Å²) in [5, 5.41) is 8.95. The van der Waals surface area contributed by atoms with Gasteiger partial charge < -0.3 is 20.3 Å². The quantitative estimate of drug-likeness (QED) is 0.833. The van der Waals surface area contributed by atoms with Crippen molar-refractivity contribution < 1.29 is 27.8 Å². The Morgan fingerprint density at radius 2 is 2.06 bits per heavy atom. The summed E-state index contributed by atoms with van der Waals surface area (Å²) in [6.45, 7) is -0.761.